The summed E-state index contributed by atoms with van der Waals surface area (Å²) in [4.78, 5) is 11.2. The van der Waals surface area contributed by atoms with Crippen LogP contribution in [0.5, 0.6) is 0 Å². The molecule has 6 heteroatoms. The minimum atomic E-state index is -0.418. The summed E-state index contributed by atoms with van der Waals surface area (Å²) in [6, 6.07) is 9.62. The predicted molar refractivity (Wildman–Crippen MR) is 69.2 cm³/mol. The van der Waals surface area contributed by atoms with E-state index in [1.54, 1.807) is 11.5 Å². The van der Waals surface area contributed by atoms with Gasteiger partial charge in [0.05, 0.1) is 0 Å². The van der Waals surface area contributed by atoms with E-state index in [0.717, 1.165) is 10.9 Å². The van der Waals surface area contributed by atoms with Gasteiger partial charge in [-0.15, -0.1) is 10.2 Å². The molecule has 0 atom stereocenters. The fourth-order valence-corrected chi connectivity index (χ4v) is 2.11. The fourth-order valence-electron chi connectivity index (χ4n) is 2.11. The van der Waals surface area contributed by atoms with Gasteiger partial charge in [-0.1, -0.05) is 18.2 Å². The smallest absolute Gasteiger partial charge is 0.264 e. The monoisotopic (exact) mass is 256 g/mol. The number of benzene rings is 1. The maximum absolute atomic E-state index is 11.2. The summed E-state index contributed by atoms with van der Waals surface area (Å²) in [6.45, 7) is 1.79. The number of carbonyl (C=O) groups excluding carboxylic acids is 1. The number of hydrogen-bond donors (Lipinski definition) is 1. The van der Waals surface area contributed by atoms with Gasteiger partial charge < -0.3 is 14.7 Å². The Morgan fingerprint density at radius 2 is 2.16 bits per heavy atom. The van der Waals surface area contributed by atoms with Crippen molar-refractivity contribution in [3.8, 4) is 11.6 Å². The average molecular weight is 256 g/mol. The lowest BCUT2D eigenvalue weighted by Crippen LogP contribution is -2.19. The Kier molecular flexibility index (Phi) is 2.56. The number of carbonyl (C=O) groups is 1. The Morgan fingerprint density at radius 1 is 1.37 bits per heavy atom. The minimum absolute atomic E-state index is 0.0737. The third kappa shape index (κ3) is 1.97. The summed E-state index contributed by atoms with van der Waals surface area (Å²) in [7, 11) is 0. The molecule has 6 nitrogen and oxygen atoms in total. The largest absolute Gasteiger partial charge is 0.420 e. The number of rotatable bonds is 3. The zero-order valence-corrected chi connectivity index (χ0v) is 10.3. The molecule has 0 unspecified atom stereocenters. The van der Waals surface area contributed by atoms with Gasteiger partial charge in [-0.05, 0) is 12.1 Å². The molecular weight excluding hydrogens is 244 g/mol. The molecule has 2 heterocycles. The van der Waals surface area contributed by atoms with Gasteiger partial charge in [0.25, 0.3) is 5.89 Å². The van der Waals surface area contributed by atoms with Gasteiger partial charge in [-0.3, -0.25) is 4.79 Å². The quantitative estimate of drug-likeness (QED) is 0.769. The second-order valence-electron chi connectivity index (χ2n) is 4.27. The molecule has 96 valence electrons. The number of primary amides is 1. The predicted octanol–water partition coefficient (Wildman–Crippen LogP) is 1.49. The maximum Gasteiger partial charge on any atom is 0.264 e. The molecule has 0 aliphatic rings. The second kappa shape index (κ2) is 4.24. The van der Waals surface area contributed by atoms with E-state index in [-0.39, 0.29) is 6.54 Å². The van der Waals surface area contributed by atoms with E-state index in [0.29, 0.717) is 17.5 Å². The third-order valence-electron chi connectivity index (χ3n) is 2.87. The highest BCUT2D eigenvalue weighted by Gasteiger charge is 2.16. The summed E-state index contributed by atoms with van der Waals surface area (Å²) >= 11 is 0. The van der Waals surface area contributed by atoms with Crippen molar-refractivity contribution in [1.29, 1.82) is 0 Å². The number of nitrogens with zero attached hydrogens (tertiary/aromatic N) is 3. The van der Waals surface area contributed by atoms with Gasteiger partial charge in [0, 0.05) is 17.8 Å². The molecule has 2 N–H and O–H groups in total. The van der Waals surface area contributed by atoms with E-state index in [4.69, 9.17) is 10.2 Å². The van der Waals surface area contributed by atoms with Crippen LogP contribution in [-0.4, -0.2) is 20.7 Å². The summed E-state index contributed by atoms with van der Waals surface area (Å²) in [5.41, 5.74) is 6.90. The Labute approximate surface area is 108 Å². The van der Waals surface area contributed by atoms with Gasteiger partial charge in [0.2, 0.25) is 11.8 Å². The van der Waals surface area contributed by atoms with Crippen LogP contribution < -0.4 is 5.73 Å². The molecule has 0 saturated heterocycles. The molecule has 0 saturated carbocycles. The first-order chi connectivity index (χ1) is 9.15. The molecule has 19 heavy (non-hydrogen) atoms. The molecule has 0 bridgehead atoms. The van der Waals surface area contributed by atoms with Gasteiger partial charge >= 0.3 is 0 Å². The molecule has 3 aromatic rings. The molecule has 1 amide bonds. The van der Waals surface area contributed by atoms with E-state index >= 15 is 0 Å². The second-order valence-corrected chi connectivity index (χ2v) is 4.27. The van der Waals surface area contributed by atoms with Crippen molar-refractivity contribution in [1.82, 2.24) is 14.8 Å². The number of para-hydroxylation sites is 1. The Morgan fingerprint density at radius 3 is 2.84 bits per heavy atom. The van der Waals surface area contributed by atoms with Crippen LogP contribution in [0.3, 0.4) is 0 Å². The molecule has 1 aromatic carbocycles. The van der Waals surface area contributed by atoms with Crippen molar-refractivity contribution in [3.63, 3.8) is 0 Å². The summed E-state index contributed by atoms with van der Waals surface area (Å²) in [6.07, 6.45) is 0. The fraction of sp³-hybridized carbons (Fsp3) is 0.154. The Hall–Kier alpha value is -2.63. The van der Waals surface area contributed by atoms with Crippen LogP contribution in [0.2, 0.25) is 0 Å². The first kappa shape index (κ1) is 11.5. The van der Waals surface area contributed by atoms with E-state index < -0.39 is 5.91 Å². The van der Waals surface area contributed by atoms with Gasteiger partial charge in [-0.2, -0.15) is 0 Å². The summed E-state index contributed by atoms with van der Waals surface area (Å²) in [5.74, 6) is 0.444. The first-order valence-electron chi connectivity index (χ1n) is 5.82. The van der Waals surface area contributed by atoms with Crippen molar-refractivity contribution in [2.24, 2.45) is 5.73 Å². The lowest BCUT2D eigenvalue weighted by atomic mass is 10.2. The highest BCUT2D eigenvalue weighted by Crippen LogP contribution is 2.27. The Balaban J connectivity index is 2.25. The summed E-state index contributed by atoms with van der Waals surface area (Å²) in [5, 5.41) is 8.79. The number of amides is 1. The zero-order chi connectivity index (χ0) is 13.4. The van der Waals surface area contributed by atoms with Crippen molar-refractivity contribution in [2.75, 3.05) is 0 Å². The molecule has 3 rings (SSSR count). The van der Waals surface area contributed by atoms with Gasteiger partial charge in [0.1, 0.15) is 12.2 Å². The van der Waals surface area contributed by atoms with Crippen LogP contribution in [-0.2, 0) is 11.3 Å². The highest BCUT2D eigenvalue weighted by molar-refractivity contribution is 5.87. The van der Waals surface area contributed by atoms with E-state index in [1.165, 1.54) is 0 Å². The van der Waals surface area contributed by atoms with Crippen molar-refractivity contribution >= 4 is 16.8 Å². The number of aryl methyl sites for hydroxylation is 1. The molecule has 2 aromatic heterocycles. The molecule has 0 fully saturated rings. The molecule has 0 radical (unpaired) electrons. The first-order valence-corrected chi connectivity index (χ1v) is 5.82. The van der Waals surface area contributed by atoms with Crippen LogP contribution in [0.25, 0.3) is 22.5 Å². The average Bonchev–Trinajstić information content (AvgIpc) is 2.94. The van der Waals surface area contributed by atoms with Crippen LogP contribution in [0.4, 0.5) is 0 Å². The highest BCUT2D eigenvalue weighted by atomic mass is 16.4. The van der Waals surface area contributed by atoms with E-state index in [1.807, 2.05) is 30.3 Å². The number of nitrogens with two attached hydrogens (primary N) is 1. The normalized spacial score (nSPS) is 11.0. The van der Waals surface area contributed by atoms with Crippen LogP contribution in [0.1, 0.15) is 5.89 Å². The third-order valence-corrected chi connectivity index (χ3v) is 2.87. The standard InChI is InChI=1S/C13H12N4O2/c1-8-15-16-13(19-8)11-6-9-4-2-3-5-10(9)17(11)7-12(14)18/h2-6H,7H2,1H3,(H2,14,18). The lowest BCUT2D eigenvalue weighted by molar-refractivity contribution is -0.118. The number of hydrogen-bond acceptors (Lipinski definition) is 4. The lowest BCUT2D eigenvalue weighted by Gasteiger charge is -2.05. The van der Waals surface area contributed by atoms with Crippen LogP contribution >= 0.6 is 0 Å². The van der Waals surface area contributed by atoms with Crippen molar-refractivity contribution in [2.45, 2.75) is 13.5 Å². The topological polar surface area (TPSA) is 86.9 Å². The number of aromatic nitrogens is 3. The molecular formula is C13H12N4O2. The maximum atomic E-state index is 11.2. The van der Waals surface area contributed by atoms with Gasteiger partial charge in [0.15, 0.2) is 0 Å². The van der Waals surface area contributed by atoms with Crippen molar-refractivity contribution < 1.29 is 9.21 Å². The SMILES string of the molecule is Cc1nnc(-c2cc3ccccc3n2CC(N)=O)o1. The van der Waals surface area contributed by atoms with Crippen molar-refractivity contribution in [3.05, 3.63) is 36.2 Å². The van der Waals surface area contributed by atoms with Gasteiger partial charge in [-0.25, -0.2) is 0 Å². The molecule has 0 aliphatic heterocycles. The zero-order valence-electron chi connectivity index (χ0n) is 10.3. The number of fused-ring (bicyclic) bond motifs is 1. The molecule has 0 spiro atoms. The van der Waals surface area contributed by atoms with E-state index in [2.05, 4.69) is 10.2 Å². The van der Waals surface area contributed by atoms with E-state index in [9.17, 15) is 4.79 Å². The van der Waals surface area contributed by atoms with Crippen LogP contribution in [0, 0.1) is 6.92 Å². The van der Waals surface area contributed by atoms with Crippen LogP contribution in [0.15, 0.2) is 34.7 Å². The molecule has 0 aliphatic carbocycles. The summed E-state index contributed by atoms with van der Waals surface area (Å²) < 4.78 is 7.21. The Bertz CT molecular complexity index is 757. The minimum Gasteiger partial charge on any atom is -0.420 e.